The van der Waals surface area contributed by atoms with E-state index >= 15 is 0 Å². The summed E-state index contributed by atoms with van der Waals surface area (Å²) >= 11 is 5.85. The molecule has 1 N–H and O–H groups in total. The summed E-state index contributed by atoms with van der Waals surface area (Å²) in [5.41, 5.74) is -1.89. The van der Waals surface area contributed by atoms with Crippen molar-refractivity contribution < 1.29 is 23.1 Å². The second-order valence-corrected chi connectivity index (χ2v) is 4.88. The molecule has 3 rings (SSSR count). The zero-order valence-corrected chi connectivity index (χ0v) is 11.8. The standard InChI is InChI=1S/C13H6ClF3N4O2/c14-10-9(12(22)23)20-11-8(13(15,16)17)1-6(4-21(10)11)7-2-18-5-19-3-7/h1-5H,(H,22,23). The maximum atomic E-state index is 13.3. The molecule has 0 aromatic carbocycles. The minimum Gasteiger partial charge on any atom is -0.476 e. The van der Waals surface area contributed by atoms with E-state index in [0.29, 0.717) is 5.56 Å². The van der Waals surface area contributed by atoms with Crippen LogP contribution in [0, 0.1) is 0 Å². The van der Waals surface area contributed by atoms with Crippen LogP contribution in [0.1, 0.15) is 16.1 Å². The summed E-state index contributed by atoms with van der Waals surface area (Å²) in [5.74, 6) is -1.52. The lowest BCUT2D eigenvalue weighted by molar-refractivity contribution is -0.136. The molecule has 118 valence electrons. The van der Waals surface area contributed by atoms with E-state index in [1.54, 1.807) is 0 Å². The lowest BCUT2D eigenvalue weighted by Gasteiger charge is -2.11. The summed E-state index contributed by atoms with van der Waals surface area (Å²) < 4.78 is 40.7. The van der Waals surface area contributed by atoms with Gasteiger partial charge in [0.2, 0.25) is 0 Å². The zero-order valence-electron chi connectivity index (χ0n) is 11.0. The summed E-state index contributed by atoms with van der Waals surface area (Å²) in [5, 5.41) is 8.57. The Morgan fingerprint density at radius 3 is 2.43 bits per heavy atom. The number of halogens is 4. The number of imidazole rings is 1. The maximum Gasteiger partial charge on any atom is 0.420 e. The van der Waals surface area contributed by atoms with Crippen LogP contribution < -0.4 is 0 Å². The first kappa shape index (κ1) is 15.2. The number of hydrogen-bond donors (Lipinski definition) is 1. The molecule has 3 aromatic heterocycles. The van der Waals surface area contributed by atoms with Gasteiger partial charge in [0.25, 0.3) is 0 Å². The maximum absolute atomic E-state index is 13.3. The Morgan fingerprint density at radius 1 is 1.22 bits per heavy atom. The number of carbonyl (C=O) groups is 1. The van der Waals surface area contributed by atoms with Gasteiger partial charge < -0.3 is 5.11 Å². The fraction of sp³-hybridized carbons (Fsp3) is 0.0769. The van der Waals surface area contributed by atoms with E-state index in [4.69, 9.17) is 16.7 Å². The second kappa shape index (κ2) is 5.20. The number of aromatic carboxylic acids is 1. The Hall–Kier alpha value is -2.68. The van der Waals surface area contributed by atoms with Crippen molar-refractivity contribution in [2.24, 2.45) is 0 Å². The Bertz CT molecular complexity index is 909. The van der Waals surface area contributed by atoms with Crippen molar-refractivity contribution in [3.63, 3.8) is 0 Å². The highest BCUT2D eigenvalue weighted by molar-refractivity contribution is 6.32. The van der Waals surface area contributed by atoms with Gasteiger partial charge in [-0.3, -0.25) is 4.40 Å². The van der Waals surface area contributed by atoms with Crippen LogP contribution in [0.15, 0.2) is 31.0 Å². The number of pyridine rings is 1. The summed E-state index contributed by atoms with van der Waals surface area (Å²) in [4.78, 5) is 22.0. The van der Waals surface area contributed by atoms with Gasteiger partial charge in [0.15, 0.2) is 11.3 Å². The molecule has 0 atom stereocenters. The van der Waals surface area contributed by atoms with Crippen molar-refractivity contribution in [3.05, 3.63) is 47.4 Å². The highest BCUT2D eigenvalue weighted by Crippen LogP contribution is 2.36. The van der Waals surface area contributed by atoms with Crippen LogP contribution in [-0.4, -0.2) is 30.4 Å². The number of rotatable bonds is 2. The van der Waals surface area contributed by atoms with E-state index in [-0.39, 0.29) is 5.56 Å². The minimum absolute atomic E-state index is 0.127. The summed E-state index contributed by atoms with van der Waals surface area (Å²) in [6.45, 7) is 0. The smallest absolute Gasteiger partial charge is 0.420 e. The van der Waals surface area contributed by atoms with Crippen LogP contribution in [0.4, 0.5) is 13.2 Å². The molecule has 0 aliphatic carbocycles. The van der Waals surface area contributed by atoms with Crippen molar-refractivity contribution in [1.82, 2.24) is 19.4 Å². The third kappa shape index (κ3) is 2.59. The van der Waals surface area contributed by atoms with E-state index in [2.05, 4.69) is 15.0 Å². The van der Waals surface area contributed by atoms with Crippen molar-refractivity contribution in [2.75, 3.05) is 0 Å². The molecule has 0 spiro atoms. The van der Waals surface area contributed by atoms with Crippen molar-refractivity contribution in [1.29, 1.82) is 0 Å². The first-order valence-corrected chi connectivity index (χ1v) is 6.44. The fourth-order valence-corrected chi connectivity index (χ4v) is 2.32. The number of carboxylic acids is 1. The third-order valence-corrected chi connectivity index (χ3v) is 3.42. The van der Waals surface area contributed by atoms with Crippen LogP contribution >= 0.6 is 11.6 Å². The van der Waals surface area contributed by atoms with Crippen LogP contribution in [-0.2, 0) is 6.18 Å². The fourth-order valence-electron chi connectivity index (χ4n) is 2.07. The van der Waals surface area contributed by atoms with Gasteiger partial charge in [-0.05, 0) is 6.07 Å². The van der Waals surface area contributed by atoms with Crippen molar-refractivity contribution in [3.8, 4) is 11.1 Å². The van der Waals surface area contributed by atoms with Crippen LogP contribution in [0.2, 0.25) is 5.15 Å². The number of nitrogens with zero attached hydrogens (tertiary/aromatic N) is 4. The molecule has 0 unspecified atom stereocenters. The molecule has 0 bridgehead atoms. The van der Waals surface area contributed by atoms with Crippen molar-refractivity contribution in [2.45, 2.75) is 6.18 Å². The average molecular weight is 343 g/mol. The topological polar surface area (TPSA) is 80.4 Å². The van der Waals surface area contributed by atoms with Crippen LogP contribution in [0.25, 0.3) is 16.8 Å². The molecule has 0 amide bonds. The van der Waals surface area contributed by atoms with Gasteiger partial charge in [-0.25, -0.2) is 19.7 Å². The highest BCUT2D eigenvalue weighted by atomic mass is 35.5. The van der Waals surface area contributed by atoms with E-state index in [1.807, 2.05) is 0 Å². The van der Waals surface area contributed by atoms with Gasteiger partial charge in [0.1, 0.15) is 11.5 Å². The van der Waals surface area contributed by atoms with Gasteiger partial charge in [0.05, 0.1) is 5.56 Å². The second-order valence-electron chi connectivity index (χ2n) is 4.52. The zero-order chi connectivity index (χ0) is 16.8. The predicted octanol–water partition coefficient (Wildman–Crippen LogP) is 3.16. The number of carboxylic acid groups (broad SMARTS) is 1. The summed E-state index contributed by atoms with van der Waals surface area (Å²) in [7, 11) is 0. The average Bonchev–Trinajstić information content (AvgIpc) is 2.84. The van der Waals surface area contributed by atoms with E-state index in [9.17, 15) is 18.0 Å². The predicted molar refractivity (Wildman–Crippen MR) is 73.2 cm³/mol. The monoisotopic (exact) mass is 342 g/mol. The molecular formula is C13H6ClF3N4O2. The lowest BCUT2D eigenvalue weighted by atomic mass is 10.1. The number of hydrogen-bond acceptors (Lipinski definition) is 4. The van der Waals surface area contributed by atoms with Crippen molar-refractivity contribution >= 4 is 23.2 Å². The van der Waals surface area contributed by atoms with Gasteiger partial charge in [-0.1, -0.05) is 11.6 Å². The highest BCUT2D eigenvalue weighted by Gasteiger charge is 2.36. The molecule has 0 fully saturated rings. The molecule has 23 heavy (non-hydrogen) atoms. The molecule has 6 nitrogen and oxygen atoms in total. The molecular weight excluding hydrogens is 337 g/mol. The quantitative estimate of drug-likeness (QED) is 0.773. The Kier molecular flexibility index (Phi) is 3.44. The Balaban J connectivity index is 2.38. The first-order chi connectivity index (χ1) is 10.8. The normalized spacial score (nSPS) is 11.8. The largest absolute Gasteiger partial charge is 0.476 e. The van der Waals surface area contributed by atoms with Gasteiger partial charge in [-0.2, -0.15) is 13.2 Å². The molecule has 3 aromatic rings. The molecule has 0 radical (unpaired) electrons. The molecule has 0 aliphatic heterocycles. The van der Waals surface area contributed by atoms with E-state index in [0.717, 1.165) is 10.5 Å². The molecule has 0 saturated carbocycles. The Morgan fingerprint density at radius 2 is 1.87 bits per heavy atom. The molecule has 10 heteroatoms. The van der Waals surface area contributed by atoms with Gasteiger partial charge >= 0.3 is 12.1 Å². The summed E-state index contributed by atoms with van der Waals surface area (Å²) in [6, 6.07) is 0.850. The van der Waals surface area contributed by atoms with E-state index in [1.165, 1.54) is 24.9 Å². The summed E-state index contributed by atoms with van der Waals surface area (Å²) in [6.07, 6.45) is 0.413. The molecule has 3 heterocycles. The number of fused-ring (bicyclic) bond motifs is 1. The molecule has 0 aliphatic rings. The lowest BCUT2D eigenvalue weighted by Crippen LogP contribution is -2.08. The van der Waals surface area contributed by atoms with Crippen LogP contribution in [0.5, 0.6) is 0 Å². The van der Waals surface area contributed by atoms with E-state index < -0.39 is 34.2 Å². The molecule has 0 saturated heterocycles. The third-order valence-electron chi connectivity index (χ3n) is 3.06. The first-order valence-electron chi connectivity index (χ1n) is 6.06. The number of alkyl halides is 3. The number of aromatic nitrogens is 4. The SMILES string of the molecule is O=C(O)c1nc2c(C(F)(F)F)cc(-c3cncnc3)cn2c1Cl. The van der Waals surface area contributed by atoms with Gasteiger partial charge in [-0.15, -0.1) is 0 Å². The van der Waals surface area contributed by atoms with Crippen LogP contribution in [0.3, 0.4) is 0 Å². The Labute approximate surface area is 131 Å². The van der Waals surface area contributed by atoms with Gasteiger partial charge in [0, 0.05) is 29.7 Å². The minimum atomic E-state index is -4.74.